The summed E-state index contributed by atoms with van der Waals surface area (Å²) in [4.78, 5) is 26.3. The standard InChI is InChI=1S/C25H34Cl2N2O4/c1-24(2,3)10-6-18-4-5-19(14-21(18)27)25-11-7-17(9-13-30)20(25)15-29(23(32)28-25)12-8-22(31)33-16-26/h4-5,14-15,17,30H,6-13,16H2,1-3H3,(H,28,32). The van der Waals surface area contributed by atoms with E-state index in [1.807, 2.05) is 12.3 Å². The molecular weight excluding hydrogens is 463 g/mol. The van der Waals surface area contributed by atoms with Gasteiger partial charge in [0.1, 0.15) is 0 Å². The Hall–Kier alpha value is -1.76. The maximum Gasteiger partial charge on any atom is 0.322 e. The van der Waals surface area contributed by atoms with Crippen LogP contribution in [0.3, 0.4) is 0 Å². The van der Waals surface area contributed by atoms with Crippen molar-refractivity contribution in [3.8, 4) is 0 Å². The summed E-state index contributed by atoms with van der Waals surface area (Å²) in [5, 5.41) is 13.5. The van der Waals surface area contributed by atoms with E-state index < -0.39 is 11.5 Å². The SMILES string of the molecule is CC(C)(C)CCc1ccc(C23CCC(CCO)C2=CN(CCC(=O)OCCl)C(=O)N3)cc1Cl. The predicted molar refractivity (Wildman–Crippen MR) is 130 cm³/mol. The minimum absolute atomic E-state index is 0.0515. The number of fused-ring (bicyclic) bond motifs is 1. The van der Waals surface area contributed by atoms with E-state index in [1.54, 1.807) is 0 Å². The van der Waals surface area contributed by atoms with Crippen molar-refractivity contribution in [2.75, 3.05) is 19.2 Å². The van der Waals surface area contributed by atoms with E-state index >= 15 is 0 Å². The molecule has 1 saturated carbocycles. The van der Waals surface area contributed by atoms with Gasteiger partial charge >= 0.3 is 12.0 Å². The lowest BCUT2D eigenvalue weighted by atomic mass is 9.80. The molecule has 1 aliphatic carbocycles. The molecule has 2 atom stereocenters. The number of urea groups is 1. The molecule has 2 aliphatic rings. The van der Waals surface area contributed by atoms with Gasteiger partial charge in [-0.05, 0) is 66.2 Å². The molecule has 1 aromatic carbocycles. The number of hydrogen-bond donors (Lipinski definition) is 2. The lowest BCUT2D eigenvalue weighted by Crippen LogP contribution is -2.54. The highest BCUT2D eigenvalue weighted by molar-refractivity contribution is 6.31. The van der Waals surface area contributed by atoms with Gasteiger partial charge in [0.25, 0.3) is 0 Å². The number of carbonyl (C=O) groups is 2. The van der Waals surface area contributed by atoms with Gasteiger partial charge in [-0.15, -0.1) is 0 Å². The van der Waals surface area contributed by atoms with Crippen LogP contribution in [0.2, 0.25) is 5.02 Å². The quantitative estimate of drug-likeness (QED) is 0.356. The Morgan fingerprint density at radius 1 is 1.36 bits per heavy atom. The molecule has 8 heteroatoms. The molecular formula is C25H34Cl2N2O4. The summed E-state index contributed by atoms with van der Waals surface area (Å²) >= 11 is 12.1. The van der Waals surface area contributed by atoms with Crippen LogP contribution in [-0.4, -0.2) is 41.2 Å². The molecule has 1 aliphatic heterocycles. The number of esters is 1. The smallest absolute Gasteiger partial charge is 0.322 e. The molecule has 182 valence electrons. The van der Waals surface area contributed by atoms with Crippen LogP contribution in [-0.2, 0) is 21.5 Å². The van der Waals surface area contributed by atoms with Gasteiger partial charge in [0.05, 0.1) is 12.0 Å². The summed E-state index contributed by atoms with van der Waals surface area (Å²) in [5.74, 6) is -0.323. The Morgan fingerprint density at radius 3 is 2.76 bits per heavy atom. The van der Waals surface area contributed by atoms with Crippen LogP contribution in [0.15, 0.2) is 30.0 Å². The molecule has 0 aromatic heterocycles. The Labute approximate surface area is 206 Å². The molecule has 33 heavy (non-hydrogen) atoms. The van der Waals surface area contributed by atoms with Gasteiger partial charge in [0.2, 0.25) is 0 Å². The lowest BCUT2D eigenvalue weighted by molar-refractivity contribution is -0.141. The van der Waals surface area contributed by atoms with E-state index in [-0.39, 0.29) is 43.0 Å². The highest BCUT2D eigenvalue weighted by Crippen LogP contribution is 2.50. The molecule has 2 amide bonds. The zero-order valence-corrected chi connectivity index (χ0v) is 21.1. The second-order valence-corrected chi connectivity index (χ2v) is 10.7. The van der Waals surface area contributed by atoms with Gasteiger partial charge in [-0.1, -0.05) is 56.1 Å². The Balaban J connectivity index is 1.90. The average Bonchev–Trinajstić information content (AvgIpc) is 3.09. The molecule has 2 N–H and O–H groups in total. The van der Waals surface area contributed by atoms with Crippen molar-refractivity contribution >= 4 is 35.2 Å². The van der Waals surface area contributed by atoms with Crippen molar-refractivity contribution in [2.45, 2.75) is 64.8 Å². The Bertz CT molecular complexity index is 912. The third kappa shape index (κ3) is 6.03. The number of nitrogens with zero attached hydrogens (tertiary/aromatic N) is 1. The van der Waals surface area contributed by atoms with Gasteiger partial charge in [0, 0.05) is 24.4 Å². The van der Waals surface area contributed by atoms with Gasteiger partial charge in [-0.3, -0.25) is 4.79 Å². The number of hydrogen-bond acceptors (Lipinski definition) is 4. The molecule has 2 unspecified atom stereocenters. The van der Waals surface area contributed by atoms with E-state index in [4.69, 9.17) is 27.9 Å². The molecule has 0 saturated heterocycles. The monoisotopic (exact) mass is 496 g/mol. The number of nitrogens with one attached hydrogen (secondary N) is 1. The zero-order valence-electron chi connectivity index (χ0n) is 19.6. The minimum Gasteiger partial charge on any atom is -0.449 e. The number of benzene rings is 1. The number of aryl methyl sites for hydroxylation is 1. The van der Waals surface area contributed by atoms with Crippen LogP contribution in [0.25, 0.3) is 0 Å². The first kappa shape index (κ1) is 25.9. The zero-order chi connectivity index (χ0) is 24.2. The van der Waals surface area contributed by atoms with Crippen molar-refractivity contribution in [1.82, 2.24) is 10.2 Å². The Kier molecular flexibility index (Phi) is 8.35. The van der Waals surface area contributed by atoms with E-state index in [0.717, 1.165) is 42.4 Å². The number of aliphatic hydroxyl groups excluding tert-OH is 1. The lowest BCUT2D eigenvalue weighted by Gasteiger charge is -2.40. The van der Waals surface area contributed by atoms with Crippen LogP contribution in [0.4, 0.5) is 4.79 Å². The summed E-state index contributed by atoms with van der Waals surface area (Å²) < 4.78 is 4.77. The summed E-state index contributed by atoms with van der Waals surface area (Å²) in [6.07, 6.45) is 6.01. The number of halogens is 2. The second-order valence-electron chi connectivity index (χ2n) is 10.1. The second kappa shape index (κ2) is 10.7. The number of amides is 2. The summed E-state index contributed by atoms with van der Waals surface area (Å²) in [6, 6.07) is 5.63. The number of rotatable bonds is 9. The van der Waals surface area contributed by atoms with Crippen molar-refractivity contribution in [3.05, 3.63) is 46.1 Å². The van der Waals surface area contributed by atoms with Crippen LogP contribution >= 0.6 is 23.2 Å². The molecule has 0 bridgehead atoms. The molecule has 3 rings (SSSR count). The number of alkyl halides is 1. The first-order valence-corrected chi connectivity index (χ1v) is 12.4. The summed E-state index contributed by atoms with van der Waals surface area (Å²) in [7, 11) is 0. The topological polar surface area (TPSA) is 78.9 Å². The molecule has 1 heterocycles. The normalized spacial score (nSPS) is 22.6. The van der Waals surface area contributed by atoms with E-state index in [2.05, 4.69) is 38.2 Å². The van der Waals surface area contributed by atoms with Crippen molar-refractivity contribution < 1.29 is 19.4 Å². The number of aliphatic hydroxyl groups is 1. The first-order valence-electron chi connectivity index (χ1n) is 11.5. The summed E-state index contributed by atoms with van der Waals surface area (Å²) in [5.41, 5.74) is 2.66. The predicted octanol–water partition coefficient (Wildman–Crippen LogP) is 5.35. The molecule has 0 radical (unpaired) electrons. The van der Waals surface area contributed by atoms with E-state index in [0.29, 0.717) is 11.4 Å². The molecule has 6 nitrogen and oxygen atoms in total. The molecule has 1 aromatic rings. The molecule has 0 spiro atoms. The fourth-order valence-electron chi connectivity index (χ4n) is 4.75. The maximum absolute atomic E-state index is 13.0. The molecule has 1 fully saturated rings. The minimum atomic E-state index is -0.656. The van der Waals surface area contributed by atoms with Crippen molar-refractivity contribution in [2.24, 2.45) is 11.3 Å². The van der Waals surface area contributed by atoms with E-state index in [9.17, 15) is 14.7 Å². The van der Waals surface area contributed by atoms with Gasteiger partial charge in [-0.2, -0.15) is 0 Å². The third-order valence-electron chi connectivity index (χ3n) is 6.62. The van der Waals surface area contributed by atoms with Crippen LogP contribution in [0.5, 0.6) is 0 Å². The van der Waals surface area contributed by atoms with Crippen molar-refractivity contribution in [3.63, 3.8) is 0 Å². The van der Waals surface area contributed by atoms with Crippen LogP contribution in [0, 0.1) is 11.3 Å². The largest absolute Gasteiger partial charge is 0.449 e. The first-order chi connectivity index (χ1) is 15.6. The fourth-order valence-corrected chi connectivity index (χ4v) is 5.14. The van der Waals surface area contributed by atoms with Gasteiger partial charge in [0.15, 0.2) is 6.07 Å². The van der Waals surface area contributed by atoms with Crippen molar-refractivity contribution in [1.29, 1.82) is 0 Å². The number of carbonyl (C=O) groups excluding carboxylic acids is 2. The van der Waals surface area contributed by atoms with Crippen LogP contribution < -0.4 is 5.32 Å². The maximum atomic E-state index is 13.0. The summed E-state index contributed by atoms with van der Waals surface area (Å²) in [6.45, 7) is 6.90. The van der Waals surface area contributed by atoms with Crippen LogP contribution in [0.1, 0.15) is 64.0 Å². The fraction of sp³-hybridized carbons (Fsp3) is 0.600. The number of ether oxygens (including phenoxy) is 1. The average molecular weight is 497 g/mol. The third-order valence-corrected chi connectivity index (χ3v) is 7.08. The van der Waals surface area contributed by atoms with Gasteiger partial charge < -0.3 is 20.1 Å². The highest BCUT2D eigenvalue weighted by atomic mass is 35.5. The van der Waals surface area contributed by atoms with Gasteiger partial charge in [-0.25, -0.2) is 4.79 Å². The van der Waals surface area contributed by atoms with E-state index in [1.165, 1.54) is 4.90 Å². The Morgan fingerprint density at radius 2 is 2.12 bits per heavy atom. The highest BCUT2D eigenvalue weighted by Gasteiger charge is 2.49.